The van der Waals surface area contributed by atoms with Crippen molar-refractivity contribution in [3.05, 3.63) is 46.8 Å². The Labute approximate surface area is 169 Å². The second-order valence-electron chi connectivity index (χ2n) is 6.24. The van der Waals surface area contributed by atoms with E-state index in [1.807, 2.05) is 44.4 Å². The van der Waals surface area contributed by atoms with Crippen LogP contribution >= 0.6 is 11.8 Å². The maximum absolute atomic E-state index is 12.0. The van der Waals surface area contributed by atoms with Gasteiger partial charge in [-0.2, -0.15) is 0 Å². The zero-order chi connectivity index (χ0) is 20.5. The molecule has 0 saturated carbocycles. The number of ether oxygens (including phenoxy) is 1. The zero-order valence-electron chi connectivity index (χ0n) is 16.7. The van der Waals surface area contributed by atoms with E-state index in [1.54, 1.807) is 0 Å². The molecule has 1 aromatic carbocycles. The first-order valence-corrected chi connectivity index (χ1v) is 10.3. The van der Waals surface area contributed by atoms with Crippen LogP contribution in [-0.2, 0) is 22.4 Å². The first kappa shape index (κ1) is 21.7. The number of nitrogens with one attached hydrogen (secondary N) is 2. The minimum absolute atomic E-state index is 0.173. The SMILES string of the molecule is CCc1ccc(OCC(=O)NNC(=O)CCc2c(C)nc(SC)nc2C)cc1. The highest BCUT2D eigenvalue weighted by Gasteiger charge is 2.11. The Bertz CT molecular complexity index is 802. The van der Waals surface area contributed by atoms with E-state index in [0.717, 1.165) is 28.5 Å². The molecule has 1 heterocycles. The average Bonchev–Trinajstić information content (AvgIpc) is 2.70. The molecule has 0 aliphatic rings. The molecule has 0 fully saturated rings. The quantitative estimate of drug-likeness (QED) is 0.400. The summed E-state index contributed by atoms with van der Waals surface area (Å²) in [5.41, 5.74) is 8.66. The third-order valence-electron chi connectivity index (χ3n) is 4.23. The van der Waals surface area contributed by atoms with E-state index in [0.29, 0.717) is 12.2 Å². The highest BCUT2D eigenvalue weighted by atomic mass is 32.2. The predicted octanol–water partition coefficient (Wildman–Crippen LogP) is 2.54. The van der Waals surface area contributed by atoms with E-state index >= 15 is 0 Å². The fourth-order valence-corrected chi connectivity index (χ4v) is 3.07. The fraction of sp³-hybridized carbons (Fsp3) is 0.400. The number of hydrogen-bond donors (Lipinski definition) is 2. The van der Waals surface area contributed by atoms with Gasteiger partial charge in [-0.05, 0) is 56.2 Å². The Hall–Kier alpha value is -2.61. The number of amides is 2. The molecule has 2 aromatic rings. The summed E-state index contributed by atoms with van der Waals surface area (Å²) in [5.74, 6) is -0.0976. The van der Waals surface area contributed by atoms with Crippen LogP contribution in [0, 0.1) is 13.8 Å². The average molecular weight is 403 g/mol. The lowest BCUT2D eigenvalue weighted by Crippen LogP contribution is -2.43. The first-order chi connectivity index (χ1) is 13.4. The van der Waals surface area contributed by atoms with Crippen molar-refractivity contribution in [3.63, 3.8) is 0 Å². The van der Waals surface area contributed by atoms with Gasteiger partial charge in [-0.3, -0.25) is 20.4 Å². The molecule has 2 amide bonds. The molecule has 0 bridgehead atoms. The van der Waals surface area contributed by atoms with E-state index in [-0.39, 0.29) is 18.9 Å². The van der Waals surface area contributed by atoms with Gasteiger partial charge in [0.1, 0.15) is 5.75 Å². The lowest BCUT2D eigenvalue weighted by atomic mass is 10.1. The number of aromatic nitrogens is 2. The Morgan fingerprint density at radius 3 is 2.21 bits per heavy atom. The predicted molar refractivity (Wildman–Crippen MR) is 109 cm³/mol. The maximum atomic E-state index is 12.0. The van der Waals surface area contributed by atoms with Crippen LogP contribution in [0.5, 0.6) is 5.75 Å². The molecule has 7 nitrogen and oxygen atoms in total. The number of carbonyl (C=O) groups excluding carboxylic acids is 2. The molecule has 2 rings (SSSR count). The summed E-state index contributed by atoms with van der Waals surface area (Å²) in [6.07, 6.45) is 3.60. The van der Waals surface area contributed by atoms with Crippen molar-refractivity contribution in [1.29, 1.82) is 0 Å². The standard InChI is InChI=1S/C20H26N4O3S/c1-5-15-6-8-16(9-7-15)27-12-19(26)24-23-18(25)11-10-17-13(2)21-20(28-4)22-14(17)3/h6-9H,5,10-12H2,1-4H3,(H,23,25)(H,24,26). The van der Waals surface area contributed by atoms with Gasteiger partial charge in [-0.15, -0.1) is 0 Å². The van der Waals surface area contributed by atoms with Gasteiger partial charge < -0.3 is 4.74 Å². The molecule has 0 radical (unpaired) electrons. The van der Waals surface area contributed by atoms with Crippen LogP contribution < -0.4 is 15.6 Å². The largest absolute Gasteiger partial charge is 0.484 e. The lowest BCUT2D eigenvalue weighted by Gasteiger charge is -2.11. The molecule has 0 saturated heterocycles. The molecule has 0 aliphatic carbocycles. The van der Waals surface area contributed by atoms with Gasteiger partial charge in [0, 0.05) is 17.8 Å². The molecule has 28 heavy (non-hydrogen) atoms. The Morgan fingerprint density at radius 1 is 1.04 bits per heavy atom. The van der Waals surface area contributed by atoms with E-state index in [1.165, 1.54) is 17.3 Å². The molecule has 8 heteroatoms. The highest BCUT2D eigenvalue weighted by molar-refractivity contribution is 7.98. The monoisotopic (exact) mass is 402 g/mol. The van der Waals surface area contributed by atoms with Crippen LogP contribution in [0.4, 0.5) is 0 Å². The van der Waals surface area contributed by atoms with Gasteiger partial charge in [0.2, 0.25) is 5.91 Å². The number of carbonyl (C=O) groups is 2. The molecule has 0 unspecified atom stereocenters. The summed E-state index contributed by atoms with van der Waals surface area (Å²) in [5, 5.41) is 0.722. The van der Waals surface area contributed by atoms with Gasteiger partial charge in [0.15, 0.2) is 11.8 Å². The van der Waals surface area contributed by atoms with Crippen LogP contribution in [0.1, 0.15) is 35.9 Å². The van der Waals surface area contributed by atoms with Crippen molar-refractivity contribution >= 4 is 23.6 Å². The number of hydrogen-bond acceptors (Lipinski definition) is 6. The summed E-state index contributed by atoms with van der Waals surface area (Å²) in [6.45, 7) is 5.72. The molecule has 150 valence electrons. The van der Waals surface area contributed by atoms with Crippen LogP contribution in [0.15, 0.2) is 29.4 Å². The second kappa shape index (κ2) is 10.7. The number of rotatable bonds is 8. The Kier molecular flexibility index (Phi) is 8.25. The van der Waals surface area contributed by atoms with Crippen molar-refractivity contribution in [2.45, 2.75) is 45.2 Å². The van der Waals surface area contributed by atoms with Crippen molar-refractivity contribution in [1.82, 2.24) is 20.8 Å². The fourth-order valence-electron chi connectivity index (χ4n) is 2.61. The topological polar surface area (TPSA) is 93.2 Å². The molecule has 0 spiro atoms. The second-order valence-corrected chi connectivity index (χ2v) is 7.02. The maximum Gasteiger partial charge on any atom is 0.276 e. The van der Waals surface area contributed by atoms with Crippen LogP contribution in [-0.4, -0.2) is 34.6 Å². The van der Waals surface area contributed by atoms with E-state index in [9.17, 15) is 9.59 Å². The third-order valence-corrected chi connectivity index (χ3v) is 4.78. The Balaban J connectivity index is 1.73. The summed E-state index contributed by atoms with van der Waals surface area (Å²) in [6, 6.07) is 7.54. The van der Waals surface area contributed by atoms with Gasteiger partial charge in [-0.25, -0.2) is 9.97 Å². The highest BCUT2D eigenvalue weighted by Crippen LogP contribution is 2.17. The van der Waals surface area contributed by atoms with Crippen molar-refractivity contribution in [3.8, 4) is 5.75 Å². The number of hydrazine groups is 1. The summed E-state index contributed by atoms with van der Waals surface area (Å²) < 4.78 is 5.40. The smallest absolute Gasteiger partial charge is 0.276 e. The van der Waals surface area contributed by atoms with E-state index in [4.69, 9.17) is 4.74 Å². The van der Waals surface area contributed by atoms with Gasteiger partial charge in [0.25, 0.3) is 5.91 Å². The minimum atomic E-state index is -0.423. The van der Waals surface area contributed by atoms with Crippen molar-refractivity contribution in [2.24, 2.45) is 0 Å². The number of thioether (sulfide) groups is 1. The van der Waals surface area contributed by atoms with E-state index < -0.39 is 5.91 Å². The van der Waals surface area contributed by atoms with Crippen LogP contribution in [0.3, 0.4) is 0 Å². The van der Waals surface area contributed by atoms with Crippen molar-refractivity contribution in [2.75, 3.05) is 12.9 Å². The first-order valence-electron chi connectivity index (χ1n) is 9.10. The lowest BCUT2D eigenvalue weighted by molar-refractivity contribution is -0.130. The summed E-state index contributed by atoms with van der Waals surface area (Å²) in [7, 11) is 0. The number of nitrogens with zero attached hydrogens (tertiary/aromatic N) is 2. The zero-order valence-corrected chi connectivity index (χ0v) is 17.5. The molecule has 0 atom stereocenters. The van der Waals surface area contributed by atoms with Gasteiger partial charge in [0.05, 0.1) is 0 Å². The Morgan fingerprint density at radius 2 is 1.64 bits per heavy atom. The van der Waals surface area contributed by atoms with Gasteiger partial charge in [-0.1, -0.05) is 30.8 Å². The van der Waals surface area contributed by atoms with Gasteiger partial charge >= 0.3 is 0 Å². The molecule has 1 aromatic heterocycles. The summed E-state index contributed by atoms with van der Waals surface area (Å²) in [4.78, 5) is 32.6. The number of benzene rings is 1. The third kappa shape index (κ3) is 6.53. The molecular weight excluding hydrogens is 376 g/mol. The van der Waals surface area contributed by atoms with Crippen LogP contribution in [0.25, 0.3) is 0 Å². The van der Waals surface area contributed by atoms with Crippen molar-refractivity contribution < 1.29 is 14.3 Å². The normalized spacial score (nSPS) is 10.4. The molecular formula is C20H26N4O3S. The molecule has 0 aliphatic heterocycles. The van der Waals surface area contributed by atoms with E-state index in [2.05, 4.69) is 27.7 Å². The number of aryl methyl sites for hydroxylation is 3. The van der Waals surface area contributed by atoms with Crippen LogP contribution in [0.2, 0.25) is 0 Å². The minimum Gasteiger partial charge on any atom is -0.484 e. The molecule has 2 N–H and O–H groups in total. The summed E-state index contributed by atoms with van der Waals surface area (Å²) >= 11 is 1.49.